The molecule has 1 aromatic heterocycles. The fourth-order valence-corrected chi connectivity index (χ4v) is 1.65. The number of hydrogen-bond donors (Lipinski definition) is 1. The molecule has 1 heterocycles. The molecule has 0 aliphatic rings. The van der Waals surface area contributed by atoms with Crippen LogP contribution in [0.5, 0.6) is 0 Å². The van der Waals surface area contributed by atoms with Crippen LogP contribution in [-0.2, 0) is 10.2 Å². The lowest BCUT2D eigenvalue weighted by atomic mass is 9.88. The number of nitrogens with zero attached hydrogens (tertiary/aromatic N) is 2. The zero-order chi connectivity index (χ0) is 13.2. The molecule has 17 heavy (non-hydrogen) atoms. The number of aliphatic carboxylic acids is 1. The predicted octanol–water partition coefficient (Wildman–Crippen LogP) is 2.66. The first-order chi connectivity index (χ1) is 7.72. The Kier molecular flexibility index (Phi) is 3.86. The van der Waals surface area contributed by atoms with Crippen LogP contribution in [0.1, 0.15) is 57.2 Å². The summed E-state index contributed by atoms with van der Waals surface area (Å²) in [6.45, 7) is 9.76. The summed E-state index contributed by atoms with van der Waals surface area (Å²) in [5, 5.41) is 8.90. The second kappa shape index (κ2) is 4.82. The lowest BCUT2D eigenvalue weighted by Crippen LogP contribution is -2.25. The van der Waals surface area contributed by atoms with E-state index in [1.54, 1.807) is 0 Å². The van der Waals surface area contributed by atoms with Crippen LogP contribution in [0.3, 0.4) is 0 Å². The quantitative estimate of drug-likeness (QED) is 0.873. The van der Waals surface area contributed by atoms with Gasteiger partial charge in [0.05, 0.1) is 6.42 Å². The highest BCUT2D eigenvalue weighted by Gasteiger charge is 2.28. The first-order valence-electron chi connectivity index (χ1n) is 5.80. The molecule has 94 valence electrons. The molecule has 0 saturated carbocycles. The zero-order valence-electron chi connectivity index (χ0n) is 11.1. The Morgan fingerprint density at radius 1 is 1.41 bits per heavy atom. The number of aryl methyl sites for hydroxylation is 1. The molecule has 0 aliphatic carbocycles. The number of carboxylic acids is 1. The smallest absolute Gasteiger partial charge is 0.304 e. The SMILES string of the molecule is Cc1cc(C(C)C)nc(C(C)(C)CC(=O)O)n1. The first kappa shape index (κ1) is 13.6. The average molecular weight is 236 g/mol. The third-order valence-electron chi connectivity index (χ3n) is 2.66. The van der Waals surface area contributed by atoms with Gasteiger partial charge in [0.2, 0.25) is 0 Å². The van der Waals surface area contributed by atoms with E-state index in [2.05, 4.69) is 23.8 Å². The van der Waals surface area contributed by atoms with Gasteiger partial charge in [-0.15, -0.1) is 0 Å². The molecular formula is C13H20N2O2. The van der Waals surface area contributed by atoms with Gasteiger partial charge in [-0.05, 0) is 18.9 Å². The van der Waals surface area contributed by atoms with Gasteiger partial charge in [0, 0.05) is 16.8 Å². The minimum atomic E-state index is -0.828. The molecule has 0 spiro atoms. The van der Waals surface area contributed by atoms with Gasteiger partial charge in [-0.2, -0.15) is 0 Å². The van der Waals surface area contributed by atoms with Crippen LogP contribution in [0.15, 0.2) is 6.07 Å². The van der Waals surface area contributed by atoms with E-state index in [1.807, 2.05) is 26.8 Å². The van der Waals surface area contributed by atoms with Crippen molar-refractivity contribution in [2.24, 2.45) is 0 Å². The van der Waals surface area contributed by atoms with E-state index in [9.17, 15) is 4.79 Å². The van der Waals surface area contributed by atoms with Crippen molar-refractivity contribution in [1.82, 2.24) is 9.97 Å². The molecule has 4 nitrogen and oxygen atoms in total. The number of hydrogen-bond acceptors (Lipinski definition) is 3. The summed E-state index contributed by atoms with van der Waals surface area (Å²) in [7, 11) is 0. The van der Waals surface area contributed by atoms with Crippen LogP contribution in [0, 0.1) is 6.92 Å². The summed E-state index contributed by atoms with van der Waals surface area (Å²) in [6.07, 6.45) is 0.0357. The Labute approximate surface area is 102 Å². The standard InChI is InChI=1S/C13H20N2O2/c1-8(2)10-6-9(3)14-12(15-10)13(4,5)7-11(16)17/h6,8H,7H2,1-5H3,(H,16,17). The predicted molar refractivity (Wildman–Crippen MR) is 66.1 cm³/mol. The fraction of sp³-hybridized carbons (Fsp3) is 0.615. The van der Waals surface area contributed by atoms with E-state index in [4.69, 9.17) is 5.11 Å². The van der Waals surface area contributed by atoms with Gasteiger partial charge in [-0.3, -0.25) is 4.79 Å². The van der Waals surface area contributed by atoms with E-state index in [1.165, 1.54) is 0 Å². The highest BCUT2D eigenvalue weighted by atomic mass is 16.4. The summed E-state index contributed by atoms with van der Waals surface area (Å²) < 4.78 is 0. The van der Waals surface area contributed by atoms with Crippen molar-refractivity contribution >= 4 is 5.97 Å². The number of carbonyl (C=O) groups is 1. The second-order valence-electron chi connectivity index (χ2n) is 5.37. The van der Waals surface area contributed by atoms with Crippen molar-refractivity contribution in [1.29, 1.82) is 0 Å². The molecule has 4 heteroatoms. The van der Waals surface area contributed by atoms with Crippen molar-refractivity contribution in [3.63, 3.8) is 0 Å². The van der Waals surface area contributed by atoms with Gasteiger partial charge in [-0.25, -0.2) is 9.97 Å². The van der Waals surface area contributed by atoms with Gasteiger partial charge < -0.3 is 5.11 Å². The highest BCUT2D eigenvalue weighted by molar-refractivity contribution is 5.68. The molecule has 0 aromatic carbocycles. The van der Waals surface area contributed by atoms with Gasteiger partial charge in [0.1, 0.15) is 5.82 Å². The van der Waals surface area contributed by atoms with Crippen LogP contribution in [0.25, 0.3) is 0 Å². The maximum Gasteiger partial charge on any atom is 0.304 e. The molecule has 1 aromatic rings. The lowest BCUT2D eigenvalue weighted by molar-refractivity contribution is -0.138. The van der Waals surface area contributed by atoms with Crippen molar-refractivity contribution in [2.75, 3.05) is 0 Å². The van der Waals surface area contributed by atoms with Crippen LogP contribution in [-0.4, -0.2) is 21.0 Å². The summed E-state index contributed by atoms with van der Waals surface area (Å²) >= 11 is 0. The third kappa shape index (κ3) is 3.51. The van der Waals surface area contributed by atoms with Crippen LogP contribution in [0.2, 0.25) is 0 Å². The Bertz CT molecular complexity index is 425. The van der Waals surface area contributed by atoms with E-state index in [0.717, 1.165) is 11.4 Å². The summed E-state index contributed by atoms with van der Waals surface area (Å²) in [5.41, 5.74) is 1.31. The minimum absolute atomic E-state index is 0.0357. The second-order valence-corrected chi connectivity index (χ2v) is 5.37. The molecule has 0 saturated heterocycles. The van der Waals surface area contributed by atoms with E-state index in [-0.39, 0.29) is 6.42 Å². The van der Waals surface area contributed by atoms with E-state index < -0.39 is 11.4 Å². The first-order valence-corrected chi connectivity index (χ1v) is 5.80. The minimum Gasteiger partial charge on any atom is -0.481 e. The molecule has 1 N–H and O–H groups in total. The molecule has 0 fully saturated rings. The van der Waals surface area contributed by atoms with E-state index >= 15 is 0 Å². The van der Waals surface area contributed by atoms with Gasteiger partial charge >= 0.3 is 5.97 Å². The molecule has 0 bridgehead atoms. The Morgan fingerprint density at radius 3 is 2.47 bits per heavy atom. The third-order valence-corrected chi connectivity index (χ3v) is 2.66. The monoisotopic (exact) mass is 236 g/mol. The Hall–Kier alpha value is -1.45. The molecule has 0 radical (unpaired) electrons. The Balaban J connectivity index is 3.17. The van der Waals surface area contributed by atoms with Gasteiger partial charge in [0.25, 0.3) is 0 Å². The van der Waals surface area contributed by atoms with Crippen molar-refractivity contribution < 1.29 is 9.90 Å². The van der Waals surface area contributed by atoms with Crippen LogP contribution in [0.4, 0.5) is 0 Å². The van der Waals surface area contributed by atoms with Crippen LogP contribution < -0.4 is 0 Å². The van der Waals surface area contributed by atoms with Gasteiger partial charge in [0.15, 0.2) is 0 Å². The number of carboxylic acid groups (broad SMARTS) is 1. The summed E-state index contributed by atoms with van der Waals surface area (Å²) in [4.78, 5) is 19.7. The molecule has 0 amide bonds. The van der Waals surface area contributed by atoms with Gasteiger partial charge in [-0.1, -0.05) is 27.7 Å². The maximum atomic E-state index is 10.8. The summed E-state index contributed by atoms with van der Waals surface area (Å²) in [5.74, 6) is 0.103. The normalized spacial score (nSPS) is 11.9. The molecule has 0 atom stereocenters. The fourth-order valence-electron chi connectivity index (χ4n) is 1.65. The Morgan fingerprint density at radius 2 is 2.00 bits per heavy atom. The summed E-state index contributed by atoms with van der Waals surface area (Å²) in [6, 6.07) is 1.95. The molecular weight excluding hydrogens is 216 g/mol. The average Bonchev–Trinajstić information content (AvgIpc) is 2.14. The lowest BCUT2D eigenvalue weighted by Gasteiger charge is -2.22. The number of aromatic nitrogens is 2. The highest BCUT2D eigenvalue weighted by Crippen LogP contribution is 2.25. The van der Waals surface area contributed by atoms with Crippen molar-refractivity contribution in [2.45, 2.75) is 52.4 Å². The van der Waals surface area contributed by atoms with Crippen molar-refractivity contribution in [3.05, 3.63) is 23.3 Å². The van der Waals surface area contributed by atoms with E-state index in [0.29, 0.717) is 11.7 Å². The molecule has 0 aliphatic heterocycles. The topological polar surface area (TPSA) is 63.1 Å². The van der Waals surface area contributed by atoms with Crippen molar-refractivity contribution in [3.8, 4) is 0 Å². The maximum absolute atomic E-state index is 10.8. The molecule has 1 rings (SSSR count). The number of rotatable bonds is 4. The molecule has 0 unspecified atom stereocenters. The van der Waals surface area contributed by atoms with Crippen LogP contribution >= 0.6 is 0 Å². The largest absolute Gasteiger partial charge is 0.481 e. The zero-order valence-corrected chi connectivity index (χ0v) is 11.1.